The fraction of sp³-hybridized carbons (Fsp3) is 0.368. The number of nitrogens with zero attached hydrogens (tertiary/aromatic N) is 3. The Morgan fingerprint density at radius 3 is 2.68 bits per heavy atom. The Balaban J connectivity index is 2.36. The Bertz CT molecular complexity index is 958. The number of anilines is 2. The van der Waals surface area contributed by atoms with Crippen LogP contribution in [-0.4, -0.2) is 35.1 Å². The summed E-state index contributed by atoms with van der Waals surface area (Å²) in [7, 11) is 0. The summed E-state index contributed by atoms with van der Waals surface area (Å²) < 4.78 is 1.28. The van der Waals surface area contributed by atoms with E-state index in [2.05, 4.69) is 10.3 Å². The van der Waals surface area contributed by atoms with Crippen molar-refractivity contribution in [3.63, 3.8) is 0 Å². The lowest BCUT2D eigenvalue weighted by Crippen LogP contribution is -2.43. The van der Waals surface area contributed by atoms with Crippen LogP contribution in [0, 0.1) is 11.3 Å². The first-order valence-corrected chi connectivity index (χ1v) is 9.03. The Morgan fingerprint density at radius 1 is 1.32 bits per heavy atom. The van der Waals surface area contributed by atoms with Crippen molar-refractivity contribution in [2.24, 2.45) is 0 Å². The van der Waals surface area contributed by atoms with Gasteiger partial charge in [0.05, 0.1) is 25.6 Å². The Hall–Kier alpha value is -3.54. The van der Waals surface area contributed by atoms with E-state index in [-0.39, 0.29) is 43.5 Å². The first kappa shape index (κ1) is 20.8. The van der Waals surface area contributed by atoms with Crippen molar-refractivity contribution in [1.82, 2.24) is 14.9 Å². The number of hydrogen-bond acceptors (Lipinski definition) is 6. The summed E-state index contributed by atoms with van der Waals surface area (Å²) in [6.45, 7) is 2.64. The van der Waals surface area contributed by atoms with Crippen LogP contribution in [0.15, 0.2) is 39.9 Å². The summed E-state index contributed by atoms with van der Waals surface area (Å²) in [6, 6.07) is 11.2. The fourth-order valence-electron chi connectivity index (χ4n) is 2.83. The van der Waals surface area contributed by atoms with Gasteiger partial charge < -0.3 is 16.0 Å². The molecule has 0 saturated heterocycles. The summed E-state index contributed by atoms with van der Waals surface area (Å²) in [4.78, 5) is 40.8. The lowest BCUT2D eigenvalue weighted by atomic mass is 10.2. The second kappa shape index (κ2) is 9.97. The van der Waals surface area contributed by atoms with Gasteiger partial charge in [-0.1, -0.05) is 37.3 Å². The van der Waals surface area contributed by atoms with Crippen molar-refractivity contribution in [3.05, 3.63) is 56.7 Å². The van der Waals surface area contributed by atoms with E-state index in [0.29, 0.717) is 13.0 Å². The third-order valence-electron chi connectivity index (χ3n) is 4.10. The number of aromatic amines is 1. The molecular formula is C19H24N6O3. The van der Waals surface area contributed by atoms with E-state index in [9.17, 15) is 14.4 Å². The molecule has 1 amide bonds. The molecule has 148 valence electrons. The topological polar surface area (TPSA) is 137 Å². The molecule has 0 aliphatic rings. The number of H-pyrrole nitrogens is 1. The van der Waals surface area contributed by atoms with Crippen LogP contribution >= 0.6 is 0 Å². The SMILES string of the molecule is CCCN(CC(=O)NCCC#N)c1c(N)n(Cc2ccccc2)c(=O)[nH]c1=O. The van der Waals surface area contributed by atoms with Crippen molar-refractivity contribution >= 4 is 17.4 Å². The molecule has 0 bridgehead atoms. The number of nitrogen functional groups attached to an aromatic ring is 1. The van der Waals surface area contributed by atoms with E-state index in [0.717, 1.165) is 5.56 Å². The zero-order valence-corrected chi connectivity index (χ0v) is 15.8. The zero-order chi connectivity index (χ0) is 20.5. The van der Waals surface area contributed by atoms with Crippen LogP contribution < -0.4 is 27.2 Å². The number of hydrogen-bond donors (Lipinski definition) is 3. The third kappa shape index (κ3) is 5.23. The highest BCUT2D eigenvalue weighted by Crippen LogP contribution is 2.17. The number of rotatable bonds is 9. The van der Waals surface area contributed by atoms with E-state index in [1.165, 1.54) is 4.57 Å². The Kier molecular flexibility index (Phi) is 7.39. The number of nitrogens with two attached hydrogens (primary N) is 1. The summed E-state index contributed by atoms with van der Waals surface area (Å²) in [5, 5.41) is 11.2. The summed E-state index contributed by atoms with van der Waals surface area (Å²) in [5.74, 6) is -0.320. The molecule has 0 unspecified atom stereocenters. The van der Waals surface area contributed by atoms with Gasteiger partial charge in [0.2, 0.25) is 5.91 Å². The maximum Gasteiger partial charge on any atom is 0.330 e. The van der Waals surface area contributed by atoms with Crippen LogP contribution in [0.25, 0.3) is 0 Å². The highest BCUT2D eigenvalue weighted by atomic mass is 16.2. The molecule has 0 saturated carbocycles. The summed E-state index contributed by atoms with van der Waals surface area (Å²) in [5.41, 5.74) is 5.89. The van der Waals surface area contributed by atoms with Crippen LogP contribution in [-0.2, 0) is 11.3 Å². The van der Waals surface area contributed by atoms with E-state index >= 15 is 0 Å². The minimum absolute atomic E-state index is 0.0101. The van der Waals surface area contributed by atoms with Crippen LogP contribution in [0.4, 0.5) is 11.5 Å². The van der Waals surface area contributed by atoms with Crippen molar-refractivity contribution in [3.8, 4) is 6.07 Å². The van der Waals surface area contributed by atoms with Crippen molar-refractivity contribution in [2.45, 2.75) is 26.3 Å². The second-order valence-corrected chi connectivity index (χ2v) is 6.24. The first-order valence-electron chi connectivity index (χ1n) is 9.03. The number of amides is 1. The lowest BCUT2D eigenvalue weighted by molar-refractivity contribution is -0.119. The third-order valence-corrected chi connectivity index (χ3v) is 4.10. The number of benzene rings is 1. The average molecular weight is 384 g/mol. The molecule has 1 heterocycles. The summed E-state index contributed by atoms with van der Waals surface area (Å²) >= 11 is 0. The molecule has 0 spiro atoms. The number of nitriles is 1. The van der Waals surface area contributed by atoms with E-state index in [4.69, 9.17) is 11.0 Å². The molecule has 0 aliphatic heterocycles. The van der Waals surface area contributed by atoms with Gasteiger partial charge in [-0.2, -0.15) is 5.26 Å². The molecular weight excluding hydrogens is 360 g/mol. The molecule has 28 heavy (non-hydrogen) atoms. The Morgan fingerprint density at radius 2 is 2.04 bits per heavy atom. The average Bonchev–Trinajstić information content (AvgIpc) is 2.66. The van der Waals surface area contributed by atoms with Crippen LogP contribution in [0.2, 0.25) is 0 Å². The van der Waals surface area contributed by atoms with Gasteiger partial charge in [-0.25, -0.2) is 4.79 Å². The maximum atomic E-state index is 12.5. The Labute approximate surface area is 162 Å². The van der Waals surface area contributed by atoms with Crippen LogP contribution in [0.3, 0.4) is 0 Å². The number of nitrogens with one attached hydrogen (secondary N) is 2. The van der Waals surface area contributed by atoms with Crippen molar-refractivity contribution in [2.75, 3.05) is 30.3 Å². The molecule has 9 nitrogen and oxygen atoms in total. The smallest absolute Gasteiger partial charge is 0.330 e. The molecule has 0 atom stereocenters. The molecule has 0 radical (unpaired) electrons. The predicted molar refractivity (Wildman–Crippen MR) is 107 cm³/mol. The van der Waals surface area contributed by atoms with Gasteiger partial charge in [-0.05, 0) is 12.0 Å². The van der Waals surface area contributed by atoms with Crippen molar-refractivity contribution < 1.29 is 4.79 Å². The molecule has 0 fully saturated rings. The van der Waals surface area contributed by atoms with Crippen molar-refractivity contribution in [1.29, 1.82) is 5.26 Å². The first-order chi connectivity index (χ1) is 13.5. The molecule has 2 rings (SSSR count). The number of carbonyl (C=O) groups is 1. The standard InChI is InChI=1S/C19H24N6O3/c1-2-11-24(13-15(26)22-10-6-9-20)16-17(21)25(19(28)23-18(16)27)12-14-7-4-3-5-8-14/h3-5,7-8H,2,6,10-13,21H2,1H3,(H,22,26)(H,23,27,28). The van der Waals surface area contributed by atoms with Gasteiger partial charge >= 0.3 is 5.69 Å². The molecule has 9 heteroatoms. The predicted octanol–water partition coefficient (Wildman–Crippen LogP) is 0.413. The summed E-state index contributed by atoms with van der Waals surface area (Å²) in [6.07, 6.45) is 0.867. The van der Waals surface area contributed by atoms with Gasteiger partial charge in [0.1, 0.15) is 11.5 Å². The van der Waals surface area contributed by atoms with Gasteiger partial charge in [0.15, 0.2) is 0 Å². The largest absolute Gasteiger partial charge is 0.383 e. The van der Waals surface area contributed by atoms with Gasteiger partial charge in [0, 0.05) is 13.1 Å². The van der Waals surface area contributed by atoms with Gasteiger partial charge in [-0.3, -0.25) is 19.1 Å². The minimum Gasteiger partial charge on any atom is -0.383 e. The fourth-order valence-corrected chi connectivity index (χ4v) is 2.83. The number of aromatic nitrogens is 2. The second-order valence-electron chi connectivity index (χ2n) is 6.24. The minimum atomic E-state index is -0.634. The number of carbonyl (C=O) groups excluding carboxylic acids is 1. The monoisotopic (exact) mass is 384 g/mol. The normalized spacial score (nSPS) is 10.3. The van der Waals surface area contributed by atoms with Gasteiger partial charge in [-0.15, -0.1) is 0 Å². The quantitative estimate of drug-likeness (QED) is 0.536. The van der Waals surface area contributed by atoms with E-state index in [1.54, 1.807) is 4.90 Å². The molecule has 4 N–H and O–H groups in total. The van der Waals surface area contributed by atoms with Gasteiger partial charge in [0.25, 0.3) is 5.56 Å². The van der Waals surface area contributed by atoms with Crippen LogP contribution in [0.5, 0.6) is 0 Å². The maximum absolute atomic E-state index is 12.5. The zero-order valence-electron chi connectivity index (χ0n) is 15.8. The van der Waals surface area contributed by atoms with Crippen LogP contribution in [0.1, 0.15) is 25.3 Å². The molecule has 2 aromatic rings. The molecule has 1 aromatic carbocycles. The highest BCUT2D eigenvalue weighted by molar-refractivity contribution is 5.82. The lowest BCUT2D eigenvalue weighted by Gasteiger charge is -2.25. The molecule has 1 aromatic heterocycles. The van der Waals surface area contributed by atoms with E-state index in [1.807, 2.05) is 43.3 Å². The highest BCUT2D eigenvalue weighted by Gasteiger charge is 2.20. The van der Waals surface area contributed by atoms with E-state index < -0.39 is 11.2 Å². The molecule has 0 aliphatic carbocycles.